The Kier molecular flexibility index (Phi) is 2.52. The summed E-state index contributed by atoms with van der Waals surface area (Å²) in [5.74, 6) is -0.914. The summed E-state index contributed by atoms with van der Waals surface area (Å²) in [4.78, 5) is 11.0. The van der Waals surface area contributed by atoms with E-state index in [9.17, 15) is 4.79 Å². The maximum atomic E-state index is 11.0. The summed E-state index contributed by atoms with van der Waals surface area (Å²) >= 11 is 0. The lowest BCUT2D eigenvalue weighted by Crippen LogP contribution is -2.05. The summed E-state index contributed by atoms with van der Waals surface area (Å²) in [6.45, 7) is 4.05. The van der Waals surface area contributed by atoms with Gasteiger partial charge in [-0.3, -0.25) is 0 Å². The Labute approximate surface area is 94.0 Å². The molecular weight excluding hydrogens is 202 g/mol. The molecule has 0 fully saturated rings. The summed E-state index contributed by atoms with van der Waals surface area (Å²) in [6, 6.07) is 9.24. The number of benzene rings is 1. The minimum Gasteiger partial charge on any atom is -0.477 e. The fourth-order valence-corrected chi connectivity index (χ4v) is 1.66. The van der Waals surface area contributed by atoms with Gasteiger partial charge in [0.15, 0.2) is 0 Å². The van der Waals surface area contributed by atoms with Crippen LogP contribution in [0.1, 0.15) is 21.6 Å². The molecule has 3 nitrogen and oxygen atoms in total. The third-order valence-electron chi connectivity index (χ3n) is 2.74. The summed E-state index contributed by atoms with van der Waals surface area (Å²) in [7, 11) is 0. The zero-order valence-electron chi connectivity index (χ0n) is 9.27. The van der Waals surface area contributed by atoms with Crippen LogP contribution in [-0.4, -0.2) is 15.6 Å². The third-order valence-corrected chi connectivity index (χ3v) is 2.74. The third kappa shape index (κ3) is 1.72. The highest BCUT2D eigenvalue weighted by atomic mass is 16.4. The Morgan fingerprint density at radius 2 is 1.94 bits per heavy atom. The monoisotopic (exact) mass is 215 g/mol. The number of hydrogen-bond acceptors (Lipinski definition) is 1. The van der Waals surface area contributed by atoms with E-state index in [1.165, 1.54) is 5.56 Å². The lowest BCUT2D eigenvalue weighted by molar-refractivity contribution is 0.0688. The van der Waals surface area contributed by atoms with Gasteiger partial charge in [0.05, 0.1) is 0 Å². The van der Waals surface area contributed by atoms with Crippen molar-refractivity contribution < 1.29 is 9.90 Å². The topological polar surface area (TPSA) is 42.2 Å². The first-order chi connectivity index (χ1) is 7.59. The van der Waals surface area contributed by atoms with Crippen molar-refractivity contribution in [2.45, 2.75) is 13.8 Å². The minimum atomic E-state index is -0.914. The van der Waals surface area contributed by atoms with Gasteiger partial charge in [0.25, 0.3) is 0 Å². The first-order valence-electron chi connectivity index (χ1n) is 5.08. The number of carboxylic acids is 1. The Hall–Kier alpha value is -2.03. The molecule has 0 unspecified atom stereocenters. The van der Waals surface area contributed by atoms with E-state index in [4.69, 9.17) is 5.11 Å². The van der Waals surface area contributed by atoms with Crippen LogP contribution in [0.2, 0.25) is 0 Å². The molecule has 0 spiro atoms. The maximum Gasteiger partial charge on any atom is 0.352 e. The average Bonchev–Trinajstić information content (AvgIpc) is 2.71. The lowest BCUT2D eigenvalue weighted by Gasteiger charge is -2.08. The quantitative estimate of drug-likeness (QED) is 0.837. The van der Waals surface area contributed by atoms with E-state index in [1.807, 2.05) is 32.0 Å². The van der Waals surface area contributed by atoms with Crippen molar-refractivity contribution in [1.29, 1.82) is 0 Å². The molecular formula is C13H13NO2. The summed E-state index contributed by atoms with van der Waals surface area (Å²) in [6.07, 6.45) is 1.76. The molecule has 1 aromatic heterocycles. The zero-order chi connectivity index (χ0) is 11.7. The largest absolute Gasteiger partial charge is 0.477 e. The van der Waals surface area contributed by atoms with Gasteiger partial charge < -0.3 is 9.67 Å². The number of aromatic carboxylic acids is 1. The summed E-state index contributed by atoms with van der Waals surface area (Å²) in [5.41, 5.74) is 3.52. The number of aromatic nitrogens is 1. The standard InChI is InChI=1S/C13H13NO2/c1-9-5-6-11(8-10(9)2)14-7-3-4-12(14)13(15)16/h3-8H,1-2H3,(H,15,16). The highest BCUT2D eigenvalue weighted by Crippen LogP contribution is 2.16. The second-order valence-electron chi connectivity index (χ2n) is 3.84. The van der Waals surface area contributed by atoms with Gasteiger partial charge in [-0.1, -0.05) is 6.07 Å². The first kappa shape index (κ1) is 10.5. The molecule has 0 aliphatic rings. The molecule has 0 saturated carbocycles. The molecule has 16 heavy (non-hydrogen) atoms. The average molecular weight is 215 g/mol. The van der Waals surface area contributed by atoms with Crippen molar-refractivity contribution in [3.63, 3.8) is 0 Å². The molecule has 0 saturated heterocycles. The van der Waals surface area contributed by atoms with E-state index in [0.29, 0.717) is 0 Å². The molecule has 0 bridgehead atoms. The van der Waals surface area contributed by atoms with Gasteiger partial charge in [-0.15, -0.1) is 0 Å². The van der Waals surface area contributed by atoms with Crippen LogP contribution in [0.25, 0.3) is 5.69 Å². The van der Waals surface area contributed by atoms with E-state index in [2.05, 4.69) is 0 Å². The van der Waals surface area contributed by atoms with Gasteiger partial charge in [-0.05, 0) is 49.2 Å². The molecule has 1 heterocycles. The van der Waals surface area contributed by atoms with Crippen LogP contribution in [0.15, 0.2) is 36.5 Å². The van der Waals surface area contributed by atoms with Crippen molar-refractivity contribution in [3.05, 3.63) is 53.3 Å². The van der Waals surface area contributed by atoms with Crippen molar-refractivity contribution >= 4 is 5.97 Å². The van der Waals surface area contributed by atoms with Crippen molar-refractivity contribution in [3.8, 4) is 5.69 Å². The SMILES string of the molecule is Cc1ccc(-n2cccc2C(=O)O)cc1C. The van der Waals surface area contributed by atoms with Gasteiger partial charge in [-0.25, -0.2) is 4.79 Å². The Morgan fingerprint density at radius 1 is 1.19 bits per heavy atom. The van der Waals surface area contributed by atoms with E-state index < -0.39 is 5.97 Å². The summed E-state index contributed by atoms with van der Waals surface area (Å²) in [5, 5.41) is 9.02. The predicted octanol–water partition coefficient (Wildman–Crippen LogP) is 2.79. The van der Waals surface area contributed by atoms with Crippen molar-refractivity contribution in [2.75, 3.05) is 0 Å². The second-order valence-corrected chi connectivity index (χ2v) is 3.84. The fraction of sp³-hybridized carbons (Fsp3) is 0.154. The Morgan fingerprint density at radius 3 is 2.56 bits per heavy atom. The normalized spacial score (nSPS) is 10.4. The molecule has 2 aromatic rings. The molecule has 2 rings (SSSR count). The van der Waals surface area contributed by atoms with Crippen LogP contribution >= 0.6 is 0 Å². The van der Waals surface area contributed by atoms with Gasteiger partial charge in [-0.2, -0.15) is 0 Å². The smallest absolute Gasteiger partial charge is 0.352 e. The van der Waals surface area contributed by atoms with Gasteiger partial charge in [0, 0.05) is 11.9 Å². The Bertz CT molecular complexity index is 541. The van der Waals surface area contributed by atoms with Gasteiger partial charge in [0.2, 0.25) is 0 Å². The Balaban J connectivity index is 2.54. The van der Waals surface area contributed by atoms with E-state index in [1.54, 1.807) is 22.9 Å². The number of carboxylic acid groups (broad SMARTS) is 1. The van der Waals surface area contributed by atoms with Crippen LogP contribution in [0.5, 0.6) is 0 Å². The van der Waals surface area contributed by atoms with Crippen molar-refractivity contribution in [2.24, 2.45) is 0 Å². The lowest BCUT2D eigenvalue weighted by atomic mass is 10.1. The maximum absolute atomic E-state index is 11.0. The number of nitrogens with zero attached hydrogens (tertiary/aromatic N) is 1. The van der Waals surface area contributed by atoms with Crippen LogP contribution in [0.3, 0.4) is 0 Å². The van der Waals surface area contributed by atoms with E-state index in [-0.39, 0.29) is 5.69 Å². The molecule has 0 radical (unpaired) electrons. The zero-order valence-corrected chi connectivity index (χ0v) is 9.27. The van der Waals surface area contributed by atoms with Crippen molar-refractivity contribution in [1.82, 2.24) is 4.57 Å². The molecule has 82 valence electrons. The van der Waals surface area contributed by atoms with Gasteiger partial charge in [0.1, 0.15) is 5.69 Å². The molecule has 1 aromatic carbocycles. The predicted molar refractivity (Wildman–Crippen MR) is 62.2 cm³/mol. The molecule has 0 aliphatic heterocycles. The van der Waals surface area contributed by atoms with Crippen LogP contribution in [0, 0.1) is 13.8 Å². The molecule has 3 heteroatoms. The summed E-state index contributed by atoms with van der Waals surface area (Å²) < 4.78 is 1.68. The second kappa shape index (κ2) is 3.85. The highest BCUT2D eigenvalue weighted by molar-refractivity contribution is 5.86. The number of rotatable bonds is 2. The fourth-order valence-electron chi connectivity index (χ4n) is 1.66. The molecule has 0 aliphatic carbocycles. The number of aryl methyl sites for hydroxylation is 2. The van der Waals surface area contributed by atoms with Crippen LogP contribution in [-0.2, 0) is 0 Å². The molecule has 0 atom stereocenters. The first-order valence-corrected chi connectivity index (χ1v) is 5.08. The van der Waals surface area contributed by atoms with E-state index in [0.717, 1.165) is 11.3 Å². The molecule has 1 N–H and O–H groups in total. The van der Waals surface area contributed by atoms with Crippen LogP contribution in [0.4, 0.5) is 0 Å². The van der Waals surface area contributed by atoms with E-state index >= 15 is 0 Å². The van der Waals surface area contributed by atoms with Crippen LogP contribution < -0.4 is 0 Å². The molecule has 0 amide bonds. The number of hydrogen-bond donors (Lipinski definition) is 1. The van der Waals surface area contributed by atoms with Gasteiger partial charge >= 0.3 is 5.97 Å². The minimum absolute atomic E-state index is 0.281. The number of carbonyl (C=O) groups is 1. The highest BCUT2D eigenvalue weighted by Gasteiger charge is 2.10.